The number of aryl methyl sites for hydroxylation is 1. The molecule has 0 aliphatic carbocycles. The molecule has 1 aromatic rings. The third-order valence-electron chi connectivity index (χ3n) is 2.27. The molecule has 0 fully saturated rings. The lowest BCUT2D eigenvalue weighted by Crippen LogP contribution is -2.10. The van der Waals surface area contributed by atoms with E-state index in [4.69, 9.17) is 4.74 Å². The van der Waals surface area contributed by atoms with Crippen molar-refractivity contribution in [2.45, 2.75) is 20.0 Å². The van der Waals surface area contributed by atoms with Crippen LogP contribution in [0.1, 0.15) is 16.7 Å². The number of rotatable bonds is 0. The molecule has 1 aromatic carbocycles. The summed E-state index contributed by atoms with van der Waals surface area (Å²) < 4.78 is 5.38. The Bertz CT molecular complexity index is 284. The van der Waals surface area contributed by atoms with Crippen molar-refractivity contribution in [2.24, 2.45) is 0 Å². The van der Waals surface area contributed by atoms with Gasteiger partial charge in [-0.1, -0.05) is 18.2 Å². The van der Waals surface area contributed by atoms with Gasteiger partial charge in [-0.05, 0) is 44.1 Å². The minimum atomic E-state index is 0.808. The zero-order valence-electron chi connectivity index (χ0n) is 9.26. The molecular formula is C12H19NO. The standard InChI is InChI=1S/C10H12O.C2H7N/c1-8-3-2-4-9-5-6-11-7-10(8)9;1-3-2/h2-4H,5-7H2,1H3;3H,1-2H3. The highest BCUT2D eigenvalue weighted by atomic mass is 16.5. The lowest BCUT2D eigenvalue weighted by atomic mass is 9.99. The van der Waals surface area contributed by atoms with Crippen LogP contribution in [-0.2, 0) is 17.8 Å². The Kier molecular flexibility index (Phi) is 4.63. The second kappa shape index (κ2) is 5.78. The topological polar surface area (TPSA) is 21.3 Å². The van der Waals surface area contributed by atoms with Gasteiger partial charge in [-0.2, -0.15) is 0 Å². The van der Waals surface area contributed by atoms with Crippen molar-refractivity contribution in [3.05, 3.63) is 34.9 Å². The van der Waals surface area contributed by atoms with Crippen molar-refractivity contribution < 1.29 is 4.74 Å². The third-order valence-corrected chi connectivity index (χ3v) is 2.27. The second-order valence-corrected chi connectivity index (χ2v) is 3.52. The Morgan fingerprint density at radius 2 is 2.00 bits per heavy atom. The van der Waals surface area contributed by atoms with Crippen LogP contribution in [0.5, 0.6) is 0 Å². The predicted octanol–water partition coefficient (Wildman–Crippen LogP) is 1.90. The molecule has 0 spiro atoms. The Morgan fingerprint density at radius 3 is 2.64 bits per heavy atom. The fraction of sp³-hybridized carbons (Fsp3) is 0.500. The Balaban J connectivity index is 0.000000293. The molecule has 0 aromatic heterocycles. The molecule has 0 radical (unpaired) electrons. The molecule has 1 aliphatic heterocycles. The van der Waals surface area contributed by atoms with Gasteiger partial charge in [0.05, 0.1) is 13.2 Å². The van der Waals surface area contributed by atoms with Gasteiger partial charge in [0.25, 0.3) is 0 Å². The van der Waals surface area contributed by atoms with Gasteiger partial charge in [-0.3, -0.25) is 0 Å². The summed E-state index contributed by atoms with van der Waals surface area (Å²) in [5.41, 5.74) is 4.23. The molecule has 1 heterocycles. The molecule has 0 unspecified atom stereocenters. The number of hydrogen-bond acceptors (Lipinski definition) is 2. The van der Waals surface area contributed by atoms with Crippen molar-refractivity contribution in [3.63, 3.8) is 0 Å². The summed E-state index contributed by atoms with van der Waals surface area (Å²) in [6, 6.07) is 6.47. The second-order valence-electron chi connectivity index (χ2n) is 3.52. The number of benzene rings is 1. The van der Waals surface area contributed by atoms with Gasteiger partial charge in [-0.15, -0.1) is 0 Å². The van der Waals surface area contributed by atoms with E-state index in [0.717, 1.165) is 19.6 Å². The number of nitrogens with one attached hydrogen (secondary N) is 1. The van der Waals surface area contributed by atoms with Gasteiger partial charge >= 0.3 is 0 Å². The van der Waals surface area contributed by atoms with E-state index in [1.807, 2.05) is 14.1 Å². The first-order chi connectivity index (χ1) is 6.79. The van der Waals surface area contributed by atoms with E-state index in [9.17, 15) is 0 Å². The summed E-state index contributed by atoms with van der Waals surface area (Å²) in [4.78, 5) is 0. The fourth-order valence-corrected chi connectivity index (χ4v) is 1.56. The highest BCUT2D eigenvalue weighted by molar-refractivity contribution is 5.34. The maximum atomic E-state index is 5.38. The molecule has 0 saturated heterocycles. The van der Waals surface area contributed by atoms with E-state index in [0.29, 0.717) is 0 Å². The Labute approximate surface area is 86.3 Å². The average molecular weight is 193 g/mol. The monoisotopic (exact) mass is 193 g/mol. The van der Waals surface area contributed by atoms with Crippen molar-refractivity contribution in [2.75, 3.05) is 20.7 Å². The third kappa shape index (κ3) is 2.82. The normalized spacial score (nSPS) is 13.9. The highest BCUT2D eigenvalue weighted by Crippen LogP contribution is 2.19. The van der Waals surface area contributed by atoms with E-state index >= 15 is 0 Å². The van der Waals surface area contributed by atoms with E-state index in [1.165, 1.54) is 16.7 Å². The van der Waals surface area contributed by atoms with Gasteiger partial charge in [-0.25, -0.2) is 0 Å². The van der Waals surface area contributed by atoms with Gasteiger partial charge in [0.1, 0.15) is 0 Å². The number of ether oxygens (including phenoxy) is 1. The molecule has 78 valence electrons. The lowest BCUT2D eigenvalue weighted by molar-refractivity contribution is 0.110. The fourth-order valence-electron chi connectivity index (χ4n) is 1.56. The average Bonchev–Trinajstić information content (AvgIpc) is 2.20. The molecular weight excluding hydrogens is 174 g/mol. The van der Waals surface area contributed by atoms with Gasteiger partial charge < -0.3 is 10.1 Å². The molecule has 0 bridgehead atoms. The number of fused-ring (bicyclic) bond motifs is 1. The van der Waals surface area contributed by atoms with E-state index in [2.05, 4.69) is 30.4 Å². The van der Waals surface area contributed by atoms with E-state index < -0.39 is 0 Å². The molecule has 0 amide bonds. The van der Waals surface area contributed by atoms with Gasteiger partial charge in [0, 0.05) is 0 Å². The summed E-state index contributed by atoms with van der Waals surface area (Å²) in [5.74, 6) is 0. The van der Waals surface area contributed by atoms with Crippen LogP contribution in [-0.4, -0.2) is 20.7 Å². The molecule has 1 aliphatic rings. The van der Waals surface area contributed by atoms with Crippen molar-refractivity contribution in [1.82, 2.24) is 5.32 Å². The summed E-state index contributed by atoms with van der Waals surface area (Å²) in [6.07, 6.45) is 1.08. The van der Waals surface area contributed by atoms with Crippen LogP contribution in [0.15, 0.2) is 18.2 Å². The molecule has 2 nitrogen and oxygen atoms in total. The molecule has 2 rings (SSSR count). The summed E-state index contributed by atoms with van der Waals surface area (Å²) in [7, 11) is 3.75. The molecule has 2 heteroatoms. The minimum Gasteiger partial charge on any atom is -0.376 e. The van der Waals surface area contributed by atoms with Crippen LogP contribution in [0.25, 0.3) is 0 Å². The van der Waals surface area contributed by atoms with Crippen LogP contribution in [0.4, 0.5) is 0 Å². The first-order valence-electron chi connectivity index (χ1n) is 5.03. The summed E-state index contributed by atoms with van der Waals surface area (Å²) in [6.45, 7) is 3.84. The molecule has 0 atom stereocenters. The molecule has 0 saturated carbocycles. The van der Waals surface area contributed by atoms with Crippen molar-refractivity contribution >= 4 is 0 Å². The summed E-state index contributed by atoms with van der Waals surface area (Å²) in [5, 5.41) is 2.75. The van der Waals surface area contributed by atoms with Gasteiger partial charge in [0.15, 0.2) is 0 Å². The smallest absolute Gasteiger partial charge is 0.0722 e. The summed E-state index contributed by atoms with van der Waals surface area (Å²) >= 11 is 0. The van der Waals surface area contributed by atoms with Crippen LogP contribution in [0, 0.1) is 6.92 Å². The number of hydrogen-bond donors (Lipinski definition) is 1. The van der Waals surface area contributed by atoms with Crippen LogP contribution >= 0.6 is 0 Å². The zero-order valence-corrected chi connectivity index (χ0v) is 9.26. The van der Waals surface area contributed by atoms with Crippen LogP contribution in [0.2, 0.25) is 0 Å². The largest absolute Gasteiger partial charge is 0.376 e. The van der Waals surface area contributed by atoms with Gasteiger partial charge in [0.2, 0.25) is 0 Å². The van der Waals surface area contributed by atoms with Crippen molar-refractivity contribution in [1.29, 1.82) is 0 Å². The van der Waals surface area contributed by atoms with Crippen molar-refractivity contribution in [3.8, 4) is 0 Å². The highest BCUT2D eigenvalue weighted by Gasteiger charge is 2.09. The first-order valence-corrected chi connectivity index (χ1v) is 5.03. The predicted molar refractivity (Wildman–Crippen MR) is 59.5 cm³/mol. The Hall–Kier alpha value is -0.860. The molecule has 14 heavy (non-hydrogen) atoms. The minimum absolute atomic E-state index is 0.808. The Morgan fingerprint density at radius 1 is 1.29 bits per heavy atom. The molecule has 1 N–H and O–H groups in total. The maximum absolute atomic E-state index is 5.38. The SMILES string of the molecule is CNC.Cc1cccc2c1COCC2. The first kappa shape index (κ1) is 11.2. The maximum Gasteiger partial charge on any atom is 0.0722 e. The zero-order chi connectivity index (χ0) is 10.4. The van der Waals surface area contributed by atoms with Crippen LogP contribution in [0.3, 0.4) is 0 Å². The van der Waals surface area contributed by atoms with Crippen LogP contribution < -0.4 is 5.32 Å². The quantitative estimate of drug-likeness (QED) is 0.679. The lowest BCUT2D eigenvalue weighted by Gasteiger charge is -2.17. The van der Waals surface area contributed by atoms with E-state index in [-0.39, 0.29) is 0 Å². The van der Waals surface area contributed by atoms with E-state index in [1.54, 1.807) is 0 Å².